The fourth-order valence-corrected chi connectivity index (χ4v) is 2.13. The number of rotatable bonds is 4. The number of pyridine rings is 1. The fraction of sp³-hybridized carbons (Fsp3) is 0.429. The van der Waals surface area contributed by atoms with Crippen LogP contribution in [0.3, 0.4) is 0 Å². The highest BCUT2D eigenvalue weighted by Gasteiger charge is 2.18. The van der Waals surface area contributed by atoms with E-state index < -0.39 is 0 Å². The van der Waals surface area contributed by atoms with Gasteiger partial charge in [0.15, 0.2) is 0 Å². The molecular weight excluding hydrogens is 224 g/mol. The average Bonchev–Trinajstić information content (AvgIpc) is 2.79. The zero-order valence-electron chi connectivity index (χ0n) is 11.2. The SMILES string of the molecule is Cc1ccc(-n2cncc2C(CN)C(C)C)cn1. The lowest BCUT2D eigenvalue weighted by Gasteiger charge is -2.20. The second kappa shape index (κ2) is 5.31. The summed E-state index contributed by atoms with van der Waals surface area (Å²) in [6.07, 6.45) is 5.60. The standard InChI is InChI=1S/C14H20N4/c1-10(2)13(6-15)14-8-16-9-18(14)12-5-4-11(3)17-7-12/h4-5,7-10,13H,6,15H2,1-3H3. The quantitative estimate of drug-likeness (QED) is 0.897. The van der Waals surface area contributed by atoms with Crippen molar-refractivity contribution in [3.8, 4) is 5.69 Å². The molecule has 0 fully saturated rings. The van der Waals surface area contributed by atoms with Crippen LogP contribution in [-0.4, -0.2) is 21.1 Å². The normalized spacial score (nSPS) is 12.9. The van der Waals surface area contributed by atoms with E-state index in [-0.39, 0.29) is 0 Å². The summed E-state index contributed by atoms with van der Waals surface area (Å²) in [5.41, 5.74) is 9.08. The summed E-state index contributed by atoms with van der Waals surface area (Å²) in [4.78, 5) is 8.58. The predicted molar refractivity (Wildman–Crippen MR) is 72.7 cm³/mol. The molecule has 0 saturated heterocycles. The van der Waals surface area contributed by atoms with Gasteiger partial charge in [0.2, 0.25) is 0 Å². The lowest BCUT2D eigenvalue weighted by Crippen LogP contribution is -2.20. The van der Waals surface area contributed by atoms with Gasteiger partial charge in [0.05, 0.1) is 18.2 Å². The van der Waals surface area contributed by atoms with E-state index in [0.29, 0.717) is 18.4 Å². The van der Waals surface area contributed by atoms with Crippen molar-refractivity contribution in [2.45, 2.75) is 26.7 Å². The summed E-state index contributed by atoms with van der Waals surface area (Å²) in [6, 6.07) is 4.06. The molecule has 4 nitrogen and oxygen atoms in total. The van der Waals surface area contributed by atoms with Crippen LogP contribution < -0.4 is 5.73 Å². The van der Waals surface area contributed by atoms with Crippen LogP contribution in [0.5, 0.6) is 0 Å². The number of hydrogen-bond acceptors (Lipinski definition) is 3. The van der Waals surface area contributed by atoms with Gasteiger partial charge in [0.25, 0.3) is 0 Å². The molecule has 4 heteroatoms. The third-order valence-corrected chi connectivity index (χ3v) is 3.28. The minimum Gasteiger partial charge on any atom is -0.330 e. The molecule has 0 amide bonds. The molecule has 0 aliphatic heterocycles. The highest BCUT2D eigenvalue weighted by Crippen LogP contribution is 2.25. The van der Waals surface area contributed by atoms with E-state index in [0.717, 1.165) is 17.1 Å². The minimum atomic E-state index is 0.314. The van der Waals surface area contributed by atoms with Crippen LogP contribution in [0.4, 0.5) is 0 Å². The molecule has 2 heterocycles. The molecule has 18 heavy (non-hydrogen) atoms. The summed E-state index contributed by atoms with van der Waals surface area (Å²) < 4.78 is 2.07. The van der Waals surface area contributed by atoms with Crippen LogP contribution in [-0.2, 0) is 0 Å². The maximum Gasteiger partial charge on any atom is 0.0994 e. The van der Waals surface area contributed by atoms with Crippen molar-refractivity contribution in [3.05, 3.63) is 42.2 Å². The number of aryl methyl sites for hydroxylation is 1. The van der Waals surface area contributed by atoms with Crippen LogP contribution in [0.1, 0.15) is 31.2 Å². The molecule has 96 valence electrons. The van der Waals surface area contributed by atoms with E-state index in [4.69, 9.17) is 5.73 Å². The van der Waals surface area contributed by atoms with Gasteiger partial charge >= 0.3 is 0 Å². The van der Waals surface area contributed by atoms with Gasteiger partial charge < -0.3 is 10.3 Å². The van der Waals surface area contributed by atoms with Crippen molar-refractivity contribution < 1.29 is 0 Å². The molecular formula is C14H20N4. The van der Waals surface area contributed by atoms with Gasteiger partial charge in [-0.1, -0.05) is 13.8 Å². The Kier molecular flexibility index (Phi) is 3.77. The van der Waals surface area contributed by atoms with Crippen molar-refractivity contribution in [1.29, 1.82) is 0 Å². The van der Waals surface area contributed by atoms with Gasteiger partial charge in [-0.25, -0.2) is 4.98 Å². The van der Waals surface area contributed by atoms with Crippen molar-refractivity contribution in [3.63, 3.8) is 0 Å². The molecule has 2 N–H and O–H groups in total. The molecule has 0 bridgehead atoms. The zero-order valence-corrected chi connectivity index (χ0v) is 11.2. The van der Waals surface area contributed by atoms with Gasteiger partial charge in [0, 0.05) is 30.0 Å². The molecule has 2 rings (SSSR count). The van der Waals surface area contributed by atoms with E-state index in [1.54, 1.807) is 0 Å². The molecule has 0 aliphatic rings. The Morgan fingerprint density at radius 2 is 2.06 bits per heavy atom. The number of imidazole rings is 1. The molecule has 2 aromatic heterocycles. The van der Waals surface area contributed by atoms with E-state index in [1.165, 1.54) is 0 Å². The lowest BCUT2D eigenvalue weighted by atomic mass is 9.93. The Hall–Kier alpha value is -1.68. The Morgan fingerprint density at radius 1 is 1.28 bits per heavy atom. The molecule has 1 unspecified atom stereocenters. The van der Waals surface area contributed by atoms with E-state index in [2.05, 4.69) is 34.4 Å². The van der Waals surface area contributed by atoms with Crippen LogP contribution in [0.2, 0.25) is 0 Å². The maximum absolute atomic E-state index is 5.88. The molecule has 1 atom stereocenters. The zero-order chi connectivity index (χ0) is 13.1. The molecule has 0 radical (unpaired) electrons. The van der Waals surface area contributed by atoms with E-state index in [9.17, 15) is 0 Å². The minimum absolute atomic E-state index is 0.314. The Labute approximate surface area is 108 Å². The lowest BCUT2D eigenvalue weighted by molar-refractivity contribution is 0.489. The summed E-state index contributed by atoms with van der Waals surface area (Å²) in [7, 11) is 0. The second-order valence-corrected chi connectivity index (χ2v) is 4.93. The smallest absolute Gasteiger partial charge is 0.0994 e. The number of aromatic nitrogens is 3. The maximum atomic E-state index is 5.88. The van der Waals surface area contributed by atoms with Crippen molar-refractivity contribution in [1.82, 2.24) is 14.5 Å². The van der Waals surface area contributed by atoms with Crippen LogP contribution >= 0.6 is 0 Å². The van der Waals surface area contributed by atoms with Crippen LogP contribution in [0, 0.1) is 12.8 Å². The van der Waals surface area contributed by atoms with E-state index >= 15 is 0 Å². The summed E-state index contributed by atoms with van der Waals surface area (Å²) in [5.74, 6) is 0.803. The van der Waals surface area contributed by atoms with Gasteiger partial charge in [-0.3, -0.25) is 4.98 Å². The van der Waals surface area contributed by atoms with Crippen molar-refractivity contribution in [2.75, 3.05) is 6.54 Å². The highest BCUT2D eigenvalue weighted by molar-refractivity contribution is 5.33. The Balaban J connectivity index is 2.41. The van der Waals surface area contributed by atoms with E-state index in [1.807, 2.05) is 31.7 Å². The molecule has 2 aromatic rings. The summed E-state index contributed by atoms with van der Waals surface area (Å²) in [6.45, 7) is 6.97. The Bertz CT molecular complexity index is 499. The van der Waals surface area contributed by atoms with Gasteiger partial charge in [-0.2, -0.15) is 0 Å². The Morgan fingerprint density at radius 3 is 2.61 bits per heavy atom. The van der Waals surface area contributed by atoms with Gasteiger partial charge in [-0.15, -0.1) is 0 Å². The monoisotopic (exact) mass is 244 g/mol. The number of nitrogens with zero attached hydrogens (tertiary/aromatic N) is 3. The first-order valence-electron chi connectivity index (χ1n) is 6.28. The van der Waals surface area contributed by atoms with Gasteiger partial charge in [-0.05, 0) is 25.0 Å². The molecule has 0 spiro atoms. The first kappa shape index (κ1) is 12.8. The number of nitrogens with two attached hydrogens (primary N) is 1. The summed E-state index contributed by atoms with van der Waals surface area (Å²) in [5, 5.41) is 0. The molecule has 0 aromatic carbocycles. The first-order chi connectivity index (χ1) is 8.63. The van der Waals surface area contributed by atoms with Crippen molar-refractivity contribution >= 4 is 0 Å². The molecule has 0 aliphatic carbocycles. The van der Waals surface area contributed by atoms with Crippen LogP contribution in [0.25, 0.3) is 5.69 Å². The summed E-state index contributed by atoms with van der Waals surface area (Å²) >= 11 is 0. The third-order valence-electron chi connectivity index (χ3n) is 3.28. The predicted octanol–water partition coefficient (Wildman–Crippen LogP) is 2.27. The fourth-order valence-electron chi connectivity index (χ4n) is 2.13. The van der Waals surface area contributed by atoms with Gasteiger partial charge in [0.1, 0.15) is 0 Å². The van der Waals surface area contributed by atoms with Crippen molar-refractivity contribution in [2.24, 2.45) is 11.7 Å². The third kappa shape index (κ3) is 2.43. The van der Waals surface area contributed by atoms with Crippen LogP contribution in [0.15, 0.2) is 30.9 Å². The highest BCUT2D eigenvalue weighted by atomic mass is 15.1. The largest absolute Gasteiger partial charge is 0.330 e. The first-order valence-corrected chi connectivity index (χ1v) is 6.28. The average molecular weight is 244 g/mol. The second-order valence-electron chi connectivity index (χ2n) is 4.93. The number of hydrogen-bond donors (Lipinski definition) is 1. The topological polar surface area (TPSA) is 56.7 Å². The molecule has 0 saturated carbocycles.